The second-order valence-electron chi connectivity index (χ2n) is 4.84. The van der Waals surface area contributed by atoms with Gasteiger partial charge < -0.3 is 10.6 Å². The molecule has 1 aromatic carbocycles. The van der Waals surface area contributed by atoms with Crippen molar-refractivity contribution in [3.05, 3.63) is 22.7 Å². The van der Waals surface area contributed by atoms with Crippen LogP contribution in [0.5, 0.6) is 0 Å². The predicted octanol–water partition coefficient (Wildman–Crippen LogP) is 0.740. The van der Waals surface area contributed by atoms with Gasteiger partial charge in [-0.05, 0) is 31.0 Å². The quantitative estimate of drug-likeness (QED) is 0.804. The number of nitrogens with zero attached hydrogens (tertiary/aromatic N) is 1. The summed E-state index contributed by atoms with van der Waals surface area (Å²) < 4.78 is 26.9. The molecule has 1 aliphatic heterocycles. The minimum Gasteiger partial charge on any atom is -0.398 e. The van der Waals surface area contributed by atoms with Crippen LogP contribution in [0.4, 0.5) is 5.69 Å². The lowest BCUT2D eigenvalue weighted by molar-refractivity contribution is -0.127. The van der Waals surface area contributed by atoms with Crippen LogP contribution >= 0.6 is 11.6 Å². The summed E-state index contributed by atoms with van der Waals surface area (Å²) >= 11 is 5.95. The maximum atomic E-state index is 12.3. The minimum atomic E-state index is -3.82. The number of likely N-dealkylation sites (N-methyl/N-ethyl adjacent to an activating group) is 1. The van der Waals surface area contributed by atoms with Gasteiger partial charge in [-0.15, -0.1) is 0 Å². The van der Waals surface area contributed by atoms with Gasteiger partial charge in [0.05, 0.1) is 4.90 Å². The molecule has 0 spiro atoms. The van der Waals surface area contributed by atoms with E-state index in [1.165, 1.54) is 17.0 Å². The average molecular weight is 318 g/mol. The fraction of sp³-hybridized carbons (Fsp3) is 0.417. The van der Waals surface area contributed by atoms with Crippen LogP contribution in [0.25, 0.3) is 0 Å². The SMILES string of the molecule is Cc1c(N)cc(S(=O)(=O)NC2CCN(C)C2=O)cc1Cl. The Morgan fingerprint density at radius 2 is 2.10 bits per heavy atom. The molecule has 1 amide bonds. The Labute approximate surface area is 122 Å². The van der Waals surface area contributed by atoms with Gasteiger partial charge in [0.1, 0.15) is 6.04 Å². The van der Waals surface area contributed by atoms with E-state index in [0.717, 1.165) is 0 Å². The first-order valence-electron chi connectivity index (χ1n) is 6.05. The van der Waals surface area contributed by atoms with Crippen LogP contribution in [0.3, 0.4) is 0 Å². The largest absolute Gasteiger partial charge is 0.398 e. The fourth-order valence-corrected chi connectivity index (χ4v) is 3.59. The molecule has 0 radical (unpaired) electrons. The zero-order chi connectivity index (χ0) is 15.1. The van der Waals surface area contributed by atoms with E-state index in [1.54, 1.807) is 14.0 Å². The van der Waals surface area contributed by atoms with Crippen LogP contribution in [0, 0.1) is 6.92 Å². The summed E-state index contributed by atoms with van der Waals surface area (Å²) in [4.78, 5) is 13.2. The van der Waals surface area contributed by atoms with Gasteiger partial charge in [-0.25, -0.2) is 8.42 Å². The van der Waals surface area contributed by atoms with Gasteiger partial charge >= 0.3 is 0 Å². The Morgan fingerprint density at radius 3 is 2.60 bits per heavy atom. The standard InChI is InChI=1S/C12H16ClN3O3S/c1-7-9(13)5-8(6-10(7)14)20(18,19)15-11-3-4-16(2)12(11)17/h5-6,11,15H,3-4,14H2,1-2H3. The molecule has 0 aliphatic carbocycles. The number of nitrogen functional groups attached to an aromatic ring is 1. The van der Waals surface area contributed by atoms with Crippen LogP contribution in [0.2, 0.25) is 5.02 Å². The van der Waals surface area contributed by atoms with Crippen molar-refractivity contribution >= 4 is 33.2 Å². The normalized spacial score (nSPS) is 19.6. The van der Waals surface area contributed by atoms with Crippen molar-refractivity contribution in [1.82, 2.24) is 9.62 Å². The molecule has 1 unspecified atom stereocenters. The Morgan fingerprint density at radius 1 is 1.45 bits per heavy atom. The van der Waals surface area contributed by atoms with Crippen LogP contribution < -0.4 is 10.5 Å². The molecule has 0 aromatic heterocycles. The molecule has 0 bridgehead atoms. The smallest absolute Gasteiger partial charge is 0.241 e. The third-order valence-electron chi connectivity index (χ3n) is 3.39. The summed E-state index contributed by atoms with van der Waals surface area (Å²) in [5.41, 5.74) is 6.65. The van der Waals surface area contributed by atoms with E-state index < -0.39 is 16.1 Å². The molecule has 8 heteroatoms. The number of rotatable bonds is 3. The molecule has 2 rings (SSSR count). The topological polar surface area (TPSA) is 92.5 Å². The monoisotopic (exact) mass is 317 g/mol. The molecule has 6 nitrogen and oxygen atoms in total. The third kappa shape index (κ3) is 2.74. The first-order chi connectivity index (χ1) is 9.22. The molecule has 1 fully saturated rings. The van der Waals surface area contributed by atoms with Crippen molar-refractivity contribution in [3.63, 3.8) is 0 Å². The number of carbonyl (C=O) groups is 1. The number of benzene rings is 1. The number of halogens is 1. The van der Waals surface area contributed by atoms with Crippen molar-refractivity contribution in [2.24, 2.45) is 0 Å². The van der Waals surface area contributed by atoms with Gasteiger partial charge in [-0.2, -0.15) is 4.72 Å². The number of amides is 1. The molecule has 0 saturated carbocycles. The second kappa shape index (κ2) is 5.23. The van der Waals surface area contributed by atoms with Crippen molar-refractivity contribution < 1.29 is 13.2 Å². The molecule has 1 heterocycles. The minimum absolute atomic E-state index is 0.0343. The highest BCUT2D eigenvalue weighted by atomic mass is 35.5. The molecular weight excluding hydrogens is 302 g/mol. The van der Waals surface area contributed by atoms with Gasteiger partial charge in [0, 0.05) is 24.3 Å². The summed E-state index contributed by atoms with van der Waals surface area (Å²) in [5.74, 6) is -0.236. The lowest BCUT2D eigenvalue weighted by Crippen LogP contribution is -2.40. The van der Waals surface area contributed by atoms with Gasteiger partial charge in [-0.1, -0.05) is 11.6 Å². The highest BCUT2D eigenvalue weighted by Gasteiger charge is 2.33. The van der Waals surface area contributed by atoms with Crippen LogP contribution in [-0.2, 0) is 14.8 Å². The number of hydrogen-bond acceptors (Lipinski definition) is 4. The molecule has 110 valence electrons. The van der Waals surface area contributed by atoms with E-state index in [1.807, 2.05) is 0 Å². The summed E-state index contributed by atoms with van der Waals surface area (Å²) in [6.45, 7) is 2.24. The van der Waals surface area contributed by atoms with Crippen LogP contribution in [0.1, 0.15) is 12.0 Å². The number of nitrogens with one attached hydrogen (secondary N) is 1. The lowest BCUT2D eigenvalue weighted by atomic mass is 10.2. The summed E-state index contributed by atoms with van der Waals surface area (Å²) in [6, 6.07) is 1.94. The van der Waals surface area contributed by atoms with E-state index in [9.17, 15) is 13.2 Å². The highest BCUT2D eigenvalue weighted by Crippen LogP contribution is 2.26. The van der Waals surface area contributed by atoms with E-state index in [-0.39, 0.29) is 15.8 Å². The third-order valence-corrected chi connectivity index (χ3v) is 5.24. The van der Waals surface area contributed by atoms with Crippen molar-refractivity contribution in [1.29, 1.82) is 0 Å². The first-order valence-corrected chi connectivity index (χ1v) is 7.91. The zero-order valence-electron chi connectivity index (χ0n) is 11.2. The Hall–Kier alpha value is -1.31. The highest BCUT2D eigenvalue weighted by molar-refractivity contribution is 7.89. The number of hydrogen-bond donors (Lipinski definition) is 2. The molecule has 3 N–H and O–H groups in total. The van der Waals surface area contributed by atoms with Crippen molar-refractivity contribution in [2.75, 3.05) is 19.3 Å². The Kier molecular flexibility index (Phi) is 3.95. The fourth-order valence-electron chi connectivity index (χ4n) is 2.02. The molecule has 1 aliphatic rings. The summed E-state index contributed by atoms with van der Waals surface area (Å²) in [6.07, 6.45) is 0.448. The van der Waals surface area contributed by atoms with E-state index in [2.05, 4.69) is 4.72 Å². The molecule has 1 saturated heterocycles. The zero-order valence-corrected chi connectivity index (χ0v) is 12.8. The Bertz CT molecular complexity index is 637. The number of sulfonamides is 1. The summed E-state index contributed by atoms with van der Waals surface area (Å²) in [7, 11) is -2.19. The lowest BCUT2D eigenvalue weighted by Gasteiger charge is -2.14. The predicted molar refractivity (Wildman–Crippen MR) is 77.0 cm³/mol. The maximum Gasteiger partial charge on any atom is 0.241 e. The number of nitrogens with two attached hydrogens (primary N) is 1. The molecule has 1 aromatic rings. The van der Waals surface area contributed by atoms with Crippen LogP contribution in [-0.4, -0.2) is 38.9 Å². The van der Waals surface area contributed by atoms with Crippen molar-refractivity contribution in [2.45, 2.75) is 24.3 Å². The summed E-state index contributed by atoms with van der Waals surface area (Å²) in [5, 5.41) is 0.278. The second-order valence-corrected chi connectivity index (χ2v) is 6.96. The maximum absolute atomic E-state index is 12.3. The first kappa shape index (κ1) is 15.1. The van der Waals surface area contributed by atoms with Crippen LogP contribution in [0.15, 0.2) is 17.0 Å². The molecular formula is C12H16ClN3O3S. The average Bonchev–Trinajstić information content (AvgIpc) is 2.67. The molecule has 20 heavy (non-hydrogen) atoms. The number of anilines is 1. The molecule has 1 atom stereocenters. The Balaban J connectivity index is 2.30. The van der Waals surface area contributed by atoms with Gasteiger partial charge in [-0.3, -0.25) is 4.79 Å². The van der Waals surface area contributed by atoms with Gasteiger partial charge in [0.2, 0.25) is 15.9 Å². The van der Waals surface area contributed by atoms with E-state index in [4.69, 9.17) is 17.3 Å². The van der Waals surface area contributed by atoms with Gasteiger partial charge in [0.15, 0.2) is 0 Å². The van der Waals surface area contributed by atoms with E-state index in [0.29, 0.717) is 24.2 Å². The number of likely N-dealkylation sites (tertiary alicyclic amines) is 1. The van der Waals surface area contributed by atoms with E-state index >= 15 is 0 Å². The van der Waals surface area contributed by atoms with Crippen molar-refractivity contribution in [3.8, 4) is 0 Å². The number of carbonyl (C=O) groups excluding carboxylic acids is 1. The van der Waals surface area contributed by atoms with Gasteiger partial charge in [0.25, 0.3) is 0 Å².